The average molecular weight is 530 g/mol. The summed E-state index contributed by atoms with van der Waals surface area (Å²) in [5, 5.41) is 0. The maximum absolute atomic E-state index is 12.6. The Kier molecular flexibility index (Phi) is 7.73. The first-order valence-corrected chi connectivity index (χ1v) is 7.63. The number of hydrogen-bond acceptors (Lipinski definition) is 1. The van der Waals surface area contributed by atoms with Crippen LogP contribution < -0.4 is 0 Å². The van der Waals surface area contributed by atoms with E-state index in [2.05, 4.69) is 22.0 Å². The summed E-state index contributed by atoms with van der Waals surface area (Å²) >= 11 is 5.27. The summed E-state index contributed by atoms with van der Waals surface area (Å²) in [5.41, 5.74) is 1.17. The van der Waals surface area contributed by atoms with Gasteiger partial charge in [0.2, 0.25) is 5.91 Å². The molecule has 20 heavy (non-hydrogen) atoms. The number of nitrogens with zero attached hydrogens (tertiary/aromatic N) is 1. The minimum absolute atomic E-state index is 0. The SMILES string of the molecule is O=C1C(I)C[C-]=C(c2ccc(Br)cc2)N1CC(F)F.[Y]. The molecule has 2 nitrogen and oxygen atoms in total. The van der Waals surface area contributed by atoms with E-state index in [1.54, 1.807) is 12.1 Å². The third-order valence-corrected chi connectivity index (χ3v) is 4.19. The summed E-state index contributed by atoms with van der Waals surface area (Å²) < 4.78 is 25.8. The molecule has 1 atom stereocenters. The molecule has 0 aromatic heterocycles. The fourth-order valence-electron chi connectivity index (χ4n) is 1.83. The summed E-state index contributed by atoms with van der Waals surface area (Å²) in [6.45, 7) is -0.587. The molecule has 2 rings (SSSR count). The van der Waals surface area contributed by atoms with Crippen LogP contribution in [0.5, 0.6) is 0 Å². The van der Waals surface area contributed by atoms with Crippen LogP contribution in [0.2, 0.25) is 0 Å². The number of halogens is 4. The zero-order valence-electron chi connectivity index (χ0n) is 10.3. The summed E-state index contributed by atoms with van der Waals surface area (Å²) in [6, 6.07) is 7.19. The number of carbonyl (C=O) groups excluding carboxylic acids is 1. The topological polar surface area (TPSA) is 20.3 Å². The Morgan fingerprint density at radius 2 is 2.00 bits per heavy atom. The van der Waals surface area contributed by atoms with Crippen LogP contribution in [0.15, 0.2) is 28.7 Å². The predicted octanol–water partition coefficient (Wildman–Crippen LogP) is 3.89. The van der Waals surface area contributed by atoms with Gasteiger partial charge in [-0.05, 0) is 0 Å². The van der Waals surface area contributed by atoms with E-state index in [-0.39, 0.29) is 42.5 Å². The van der Waals surface area contributed by atoms with E-state index < -0.39 is 13.0 Å². The van der Waals surface area contributed by atoms with Crippen LogP contribution in [-0.2, 0) is 37.5 Å². The molecule has 0 fully saturated rings. The number of benzene rings is 1. The molecule has 0 aliphatic carbocycles. The largest absolute Gasteiger partial charge is 0.341 e. The van der Waals surface area contributed by atoms with Gasteiger partial charge in [-0.1, -0.05) is 57.1 Å². The van der Waals surface area contributed by atoms with E-state index in [1.807, 2.05) is 34.7 Å². The number of carbonyl (C=O) groups is 1. The first-order valence-electron chi connectivity index (χ1n) is 5.59. The van der Waals surface area contributed by atoms with Crippen LogP contribution in [0, 0.1) is 6.08 Å². The molecule has 1 unspecified atom stereocenters. The van der Waals surface area contributed by atoms with Crippen LogP contribution in [0.4, 0.5) is 8.78 Å². The van der Waals surface area contributed by atoms with Crippen LogP contribution >= 0.6 is 38.5 Å². The first-order chi connectivity index (χ1) is 8.99. The molecular weight excluding hydrogens is 520 g/mol. The van der Waals surface area contributed by atoms with Crippen LogP contribution in [-0.4, -0.2) is 27.7 Å². The zero-order valence-corrected chi connectivity index (χ0v) is 16.9. The smallest absolute Gasteiger partial charge is 0.256 e. The normalized spacial score (nSPS) is 18.9. The Morgan fingerprint density at radius 1 is 1.40 bits per heavy atom. The van der Waals surface area contributed by atoms with Gasteiger partial charge in [-0.25, -0.2) is 14.9 Å². The summed E-state index contributed by atoms with van der Waals surface area (Å²) in [4.78, 5) is 13.2. The fourth-order valence-corrected chi connectivity index (χ4v) is 2.65. The molecule has 0 N–H and O–H groups in total. The third-order valence-electron chi connectivity index (χ3n) is 2.69. The molecule has 105 valence electrons. The minimum atomic E-state index is -2.56. The van der Waals surface area contributed by atoms with Gasteiger partial charge in [0.1, 0.15) is 0 Å². The molecule has 7 heteroatoms. The Balaban J connectivity index is 0.00000200. The molecule has 0 bridgehead atoms. The van der Waals surface area contributed by atoms with Crippen molar-refractivity contribution in [1.29, 1.82) is 0 Å². The van der Waals surface area contributed by atoms with Crippen molar-refractivity contribution in [3.63, 3.8) is 0 Å². The minimum Gasteiger partial charge on any atom is -0.341 e. The Labute approximate surface area is 163 Å². The van der Waals surface area contributed by atoms with Gasteiger partial charge in [-0.15, -0.1) is 17.8 Å². The van der Waals surface area contributed by atoms with Gasteiger partial charge in [0, 0.05) is 37.2 Å². The maximum atomic E-state index is 12.6. The van der Waals surface area contributed by atoms with E-state index >= 15 is 0 Å². The van der Waals surface area contributed by atoms with E-state index in [4.69, 9.17) is 0 Å². The van der Waals surface area contributed by atoms with E-state index in [9.17, 15) is 13.6 Å². The third kappa shape index (κ3) is 4.55. The Hall–Kier alpha value is 0.604. The molecular formula is C13H10BrF2INOY-. The summed E-state index contributed by atoms with van der Waals surface area (Å²) in [7, 11) is 0. The number of hydrogen-bond donors (Lipinski definition) is 0. The fraction of sp³-hybridized carbons (Fsp3) is 0.308. The van der Waals surface area contributed by atoms with Crippen LogP contribution in [0.25, 0.3) is 5.70 Å². The number of allylic oxidation sites excluding steroid dienone is 1. The van der Waals surface area contributed by atoms with Gasteiger partial charge in [0.25, 0.3) is 6.43 Å². The van der Waals surface area contributed by atoms with Crippen molar-refractivity contribution in [3.05, 3.63) is 40.4 Å². The number of amides is 1. The summed E-state index contributed by atoms with van der Waals surface area (Å²) in [5.74, 6) is -0.280. The molecule has 0 saturated heterocycles. The molecule has 1 heterocycles. The molecule has 1 aromatic carbocycles. The van der Waals surface area contributed by atoms with Crippen molar-refractivity contribution in [2.45, 2.75) is 16.8 Å². The second-order valence-electron chi connectivity index (χ2n) is 4.04. The van der Waals surface area contributed by atoms with Crippen LogP contribution in [0.3, 0.4) is 0 Å². The van der Waals surface area contributed by atoms with E-state index in [1.165, 1.54) is 0 Å². The van der Waals surface area contributed by atoms with Gasteiger partial charge >= 0.3 is 0 Å². The second-order valence-corrected chi connectivity index (χ2v) is 6.46. The molecule has 1 aliphatic rings. The molecule has 1 radical (unpaired) electrons. The van der Waals surface area contributed by atoms with Crippen molar-refractivity contribution >= 4 is 50.1 Å². The molecule has 1 aliphatic heterocycles. The second kappa shape index (κ2) is 8.29. The van der Waals surface area contributed by atoms with Gasteiger partial charge in [-0.3, -0.25) is 4.79 Å². The van der Waals surface area contributed by atoms with E-state index in [0.29, 0.717) is 12.1 Å². The zero-order chi connectivity index (χ0) is 14.0. The standard InChI is InChI=1S/C13H10BrF2INO.Y/c14-9-3-1-8(2-4-9)11-6-5-10(17)13(19)18(11)7-12(15)16;/h1-4,10,12H,5,7H2;/q-1;. The summed E-state index contributed by atoms with van der Waals surface area (Å²) in [6.07, 6.45) is 0.948. The van der Waals surface area contributed by atoms with Gasteiger partial charge < -0.3 is 4.90 Å². The molecule has 0 saturated carbocycles. The van der Waals surface area contributed by atoms with Crippen LogP contribution in [0.1, 0.15) is 12.0 Å². The van der Waals surface area contributed by atoms with Crippen molar-refractivity contribution in [2.75, 3.05) is 6.54 Å². The average Bonchev–Trinajstić information content (AvgIpc) is 2.36. The Bertz CT molecular complexity index is 510. The predicted molar refractivity (Wildman–Crippen MR) is 80.9 cm³/mol. The van der Waals surface area contributed by atoms with Crippen molar-refractivity contribution in [1.82, 2.24) is 4.90 Å². The van der Waals surface area contributed by atoms with Crippen molar-refractivity contribution < 1.29 is 46.3 Å². The van der Waals surface area contributed by atoms with Crippen molar-refractivity contribution in [2.24, 2.45) is 0 Å². The van der Waals surface area contributed by atoms with Gasteiger partial charge in [-0.2, -0.15) is 5.56 Å². The maximum Gasteiger partial charge on any atom is 0.256 e. The Morgan fingerprint density at radius 3 is 2.55 bits per heavy atom. The quantitative estimate of drug-likeness (QED) is 0.331. The molecule has 0 spiro atoms. The van der Waals surface area contributed by atoms with Crippen molar-refractivity contribution in [3.8, 4) is 0 Å². The van der Waals surface area contributed by atoms with Gasteiger partial charge in [0.05, 0.1) is 10.5 Å². The number of rotatable bonds is 3. The number of alkyl halides is 3. The first kappa shape index (κ1) is 18.7. The van der Waals surface area contributed by atoms with Gasteiger partial charge in [0.15, 0.2) is 0 Å². The monoisotopic (exact) mass is 529 g/mol. The molecule has 1 amide bonds. The van der Waals surface area contributed by atoms with E-state index in [0.717, 1.165) is 14.9 Å². The molecule has 1 aromatic rings.